The molecule has 4 heteroatoms. The predicted octanol–water partition coefficient (Wildman–Crippen LogP) is 3.18. The summed E-state index contributed by atoms with van der Waals surface area (Å²) in [6, 6.07) is 18.7. The lowest BCUT2D eigenvalue weighted by Crippen LogP contribution is -2.26. The van der Waals surface area contributed by atoms with Crippen LogP contribution in [0.25, 0.3) is 11.1 Å². The van der Waals surface area contributed by atoms with Crippen LogP contribution in [-0.4, -0.2) is 19.1 Å². The van der Waals surface area contributed by atoms with E-state index in [2.05, 4.69) is 29.2 Å². The lowest BCUT2D eigenvalue weighted by Gasteiger charge is -2.20. The van der Waals surface area contributed by atoms with Crippen molar-refractivity contribution in [3.8, 4) is 17.2 Å². The molecule has 2 aromatic rings. The third-order valence-corrected chi connectivity index (χ3v) is 3.79. The highest BCUT2D eigenvalue weighted by atomic mass is 35.5. The Bertz CT molecular complexity index is 649. The Balaban J connectivity index is 0.00000161. The van der Waals surface area contributed by atoms with Crippen molar-refractivity contribution in [2.75, 3.05) is 18.0 Å². The maximum Gasteiger partial charge on any atom is 0.101 e. The average molecular weight is 300 g/mol. The Morgan fingerprint density at radius 2 is 1.86 bits per heavy atom. The summed E-state index contributed by atoms with van der Waals surface area (Å²) in [5.74, 6) is 0. The van der Waals surface area contributed by atoms with Crippen molar-refractivity contribution >= 4 is 18.1 Å². The van der Waals surface area contributed by atoms with Gasteiger partial charge in [-0.2, -0.15) is 5.26 Å². The fourth-order valence-corrected chi connectivity index (χ4v) is 2.70. The van der Waals surface area contributed by atoms with E-state index in [1.807, 2.05) is 30.3 Å². The highest BCUT2D eigenvalue weighted by Crippen LogP contribution is 2.29. The maximum absolute atomic E-state index is 9.30. The summed E-state index contributed by atoms with van der Waals surface area (Å²) in [5, 5.41) is 9.30. The molecule has 3 nitrogen and oxygen atoms in total. The van der Waals surface area contributed by atoms with E-state index in [9.17, 15) is 5.26 Å². The van der Waals surface area contributed by atoms with Crippen LogP contribution >= 0.6 is 12.4 Å². The first kappa shape index (κ1) is 15.4. The van der Waals surface area contributed by atoms with Crippen LogP contribution in [0.1, 0.15) is 12.0 Å². The van der Waals surface area contributed by atoms with Crippen molar-refractivity contribution in [1.82, 2.24) is 0 Å². The molecule has 0 bridgehead atoms. The molecule has 0 aliphatic carbocycles. The van der Waals surface area contributed by atoms with Gasteiger partial charge < -0.3 is 10.6 Å². The first-order valence-electron chi connectivity index (χ1n) is 6.88. The Kier molecular flexibility index (Phi) is 4.85. The monoisotopic (exact) mass is 299 g/mol. The van der Waals surface area contributed by atoms with E-state index in [4.69, 9.17) is 5.73 Å². The van der Waals surface area contributed by atoms with E-state index >= 15 is 0 Å². The fraction of sp³-hybridized carbons (Fsp3) is 0.235. The summed E-state index contributed by atoms with van der Waals surface area (Å²) in [7, 11) is 0. The van der Waals surface area contributed by atoms with Crippen molar-refractivity contribution in [2.24, 2.45) is 5.73 Å². The SMILES string of the molecule is Cl.N#Cc1ccc(-c2ccccc2)cc1N1CC[C@H](N)C1. The molecular weight excluding hydrogens is 282 g/mol. The van der Waals surface area contributed by atoms with Crippen LogP contribution < -0.4 is 10.6 Å². The maximum atomic E-state index is 9.30. The van der Waals surface area contributed by atoms with Gasteiger partial charge in [-0.1, -0.05) is 36.4 Å². The first-order chi connectivity index (χ1) is 9.78. The molecule has 0 radical (unpaired) electrons. The van der Waals surface area contributed by atoms with E-state index in [0.29, 0.717) is 0 Å². The van der Waals surface area contributed by atoms with Gasteiger partial charge in [-0.3, -0.25) is 0 Å². The molecule has 0 aromatic heterocycles. The highest BCUT2D eigenvalue weighted by molar-refractivity contribution is 5.85. The zero-order valence-corrected chi connectivity index (χ0v) is 12.5. The molecule has 1 aliphatic rings. The van der Waals surface area contributed by atoms with Gasteiger partial charge in [-0.15, -0.1) is 12.4 Å². The second-order valence-electron chi connectivity index (χ2n) is 5.20. The Morgan fingerprint density at radius 1 is 1.10 bits per heavy atom. The molecule has 21 heavy (non-hydrogen) atoms. The molecule has 0 saturated carbocycles. The van der Waals surface area contributed by atoms with Gasteiger partial charge in [-0.25, -0.2) is 0 Å². The molecule has 3 rings (SSSR count). The van der Waals surface area contributed by atoms with Crippen LogP contribution in [0, 0.1) is 11.3 Å². The zero-order valence-electron chi connectivity index (χ0n) is 11.7. The second kappa shape index (κ2) is 6.62. The molecule has 0 unspecified atom stereocenters. The van der Waals surface area contributed by atoms with Crippen LogP contribution in [-0.2, 0) is 0 Å². The summed E-state index contributed by atoms with van der Waals surface area (Å²) < 4.78 is 0. The van der Waals surface area contributed by atoms with Crippen molar-refractivity contribution < 1.29 is 0 Å². The number of nitriles is 1. The number of hydrogen-bond donors (Lipinski definition) is 1. The number of benzene rings is 2. The molecule has 1 fully saturated rings. The summed E-state index contributed by atoms with van der Waals surface area (Å²) in [6.07, 6.45) is 0.987. The lowest BCUT2D eigenvalue weighted by atomic mass is 10.0. The van der Waals surface area contributed by atoms with E-state index in [0.717, 1.165) is 36.3 Å². The molecule has 0 spiro atoms. The minimum absolute atomic E-state index is 0. The smallest absolute Gasteiger partial charge is 0.101 e. The largest absolute Gasteiger partial charge is 0.369 e. The van der Waals surface area contributed by atoms with Gasteiger partial charge in [-0.05, 0) is 29.7 Å². The van der Waals surface area contributed by atoms with Gasteiger partial charge in [0.25, 0.3) is 0 Å². The van der Waals surface area contributed by atoms with Gasteiger partial charge in [0.05, 0.1) is 11.3 Å². The summed E-state index contributed by atoms with van der Waals surface area (Å²) in [4.78, 5) is 2.22. The van der Waals surface area contributed by atoms with Crippen LogP contribution in [0.3, 0.4) is 0 Å². The zero-order chi connectivity index (χ0) is 13.9. The summed E-state index contributed by atoms with van der Waals surface area (Å²) in [6.45, 7) is 1.75. The van der Waals surface area contributed by atoms with E-state index < -0.39 is 0 Å². The van der Waals surface area contributed by atoms with Gasteiger partial charge in [0.15, 0.2) is 0 Å². The molecule has 0 amide bonds. The highest BCUT2D eigenvalue weighted by Gasteiger charge is 2.21. The van der Waals surface area contributed by atoms with Crippen molar-refractivity contribution in [3.63, 3.8) is 0 Å². The fourth-order valence-electron chi connectivity index (χ4n) is 2.70. The van der Waals surface area contributed by atoms with E-state index in [-0.39, 0.29) is 18.4 Å². The normalized spacial score (nSPS) is 17.1. The van der Waals surface area contributed by atoms with Crippen LogP contribution in [0.2, 0.25) is 0 Å². The topological polar surface area (TPSA) is 53.0 Å². The molecule has 108 valence electrons. The number of anilines is 1. The number of nitrogens with zero attached hydrogens (tertiary/aromatic N) is 2. The van der Waals surface area contributed by atoms with Gasteiger partial charge in [0, 0.05) is 19.1 Å². The number of rotatable bonds is 2. The molecule has 1 atom stereocenters. The summed E-state index contributed by atoms with van der Waals surface area (Å²) >= 11 is 0. The third-order valence-electron chi connectivity index (χ3n) is 3.79. The predicted molar refractivity (Wildman–Crippen MR) is 88.6 cm³/mol. The van der Waals surface area contributed by atoms with E-state index in [1.165, 1.54) is 5.56 Å². The number of halogens is 1. The Labute approximate surface area is 131 Å². The minimum atomic E-state index is 0. The number of hydrogen-bond acceptors (Lipinski definition) is 3. The van der Waals surface area contributed by atoms with Crippen molar-refractivity contribution in [2.45, 2.75) is 12.5 Å². The minimum Gasteiger partial charge on any atom is -0.369 e. The molecule has 1 saturated heterocycles. The third kappa shape index (κ3) is 3.18. The average Bonchev–Trinajstić information content (AvgIpc) is 2.94. The molecule has 1 aliphatic heterocycles. The lowest BCUT2D eigenvalue weighted by molar-refractivity contribution is 0.752. The number of nitrogens with two attached hydrogens (primary N) is 1. The quantitative estimate of drug-likeness (QED) is 0.926. The van der Waals surface area contributed by atoms with E-state index in [1.54, 1.807) is 0 Å². The van der Waals surface area contributed by atoms with Crippen LogP contribution in [0.4, 0.5) is 5.69 Å². The molecule has 2 N–H and O–H groups in total. The van der Waals surface area contributed by atoms with Gasteiger partial charge >= 0.3 is 0 Å². The van der Waals surface area contributed by atoms with Crippen molar-refractivity contribution in [3.05, 3.63) is 54.1 Å². The Hall–Kier alpha value is -2.02. The van der Waals surface area contributed by atoms with Gasteiger partial charge in [0.2, 0.25) is 0 Å². The van der Waals surface area contributed by atoms with Gasteiger partial charge in [0.1, 0.15) is 6.07 Å². The second-order valence-corrected chi connectivity index (χ2v) is 5.20. The Morgan fingerprint density at radius 3 is 2.48 bits per heavy atom. The molecule has 1 heterocycles. The van der Waals surface area contributed by atoms with Crippen LogP contribution in [0.5, 0.6) is 0 Å². The summed E-state index contributed by atoms with van der Waals surface area (Å²) in [5.41, 5.74) is 10.0. The standard InChI is InChI=1S/C17H17N3.ClH/c18-11-15-7-6-14(13-4-2-1-3-5-13)10-17(15)20-9-8-16(19)12-20;/h1-7,10,16H,8-9,12,19H2;1H/t16-;/m0./s1. The first-order valence-corrected chi connectivity index (χ1v) is 6.88. The molecule has 2 aromatic carbocycles. The molecular formula is C17H18ClN3. The van der Waals surface area contributed by atoms with Crippen LogP contribution in [0.15, 0.2) is 48.5 Å². The van der Waals surface area contributed by atoms with Crippen molar-refractivity contribution in [1.29, 1.82) is 5.26 Å².